The fraction of sp³-hybridized carbons (Fsp3) is 0.214. The monoisotopic (exact) mass is 352 g/mol. The molecule has 3 rings (SSSR count). The van der Waals surface area contributed by atoms with Gasteiger partial charge in [0.2, 0.25) is 0 Å². The standard InChI is InChI=1S/C14H13BrN2S2/c1-9(7-11-3-2-6-19-11)17-13-8-10(15)4-5-12(13)16-14(17)18/h2-6,8-9H,7H2,1H3,(H,16,18). The average Bonchev–Trinajstić information content (AvgIpc) is 2.95. The number of aromatic amines is 1. The Balaban J connectivity index is 2.06. The molecule has 0 saturated carbocycles. The van der Waals surface area contributed by atoms with Crippen molar-refractivity contribution >= 4 is 50.5 Å². The molecular formula is C14H13BrN2S2. The summed E-state index contributed by atoms with van der Waals surface area (Å²) < 4.78 is 4.07. The molecule has 0 aliphatic heterocycles. The molecule has 2 nitrogen and oxygen atoms in total. The number of hydrogen-bond donors (Lipinski definition) is 1. The molecule has 19 heavy (non-hydrogen) atoms. The van der Waals surface area contributed by atoms with Gasteiger partial charge in [0.05, 0.1) is 11.0 Å². The summed E-state index contributed by atoms with van der Waals surface area (Å²) in [6.45, 7) is 2.21. The number of fused-ring (bicyclic) bond motifs is 1. The molecule has 98 valence electrons. The zero-order valence-electron chi connectivity index (χ0n) is 10.4. The summed E-state index contributed by atoms with van der Waals surface area (Å²) in [6, 6.07) is 10.8. The summed E-state index contributed by atoms with van der Waals surface area (Å²) in [6.07, 6.45) is 1.01. The van der Waals surface area contributed by atoms with Crippen molar-refractivity contribution in [2.24, 2.45) is 0 Å². The molecule has 0 saturated heterocycles. The van der Waals surface area contributed by atoms with Gasteiger partial charge in [0.15, 0.2) is 4.77 Å². The lowest BCUT2D eigenvalue weighted by Crippen LogP contribution is -2.07. The SMILES string of the molecule is CC(Cc1cccs1)n1c(=S)[nH]c2ccc(Br)cc21. The Kier molecular flexibility index (Phi) is 3.60. The highest BCUT2D eigenvalue weighted by molar-refractivity contribution is 9.10. The van der Waals surface area contributed by atoms with E-state index in [1.54, 1.807) is 11.3 Å². The number of thiophene rings is 1. The van der Waals surface area contributed by atoms with Crippen molar-refractivity contribution in [3.8, 4) is 0 Å². The topological polar surface area (TPSA) is 20.7 Å². The zero-order chi connectivity index (χ0) is 13.4. The predicted octanol–water partition coefficient (Wildman–Crippen LogP) is 5.33. The number of benzene rings is 1. The number of rotatable bonds is 3. The van der Waals surface area contributed by atoms with Crippen molar-refractivity contribution in [2.75, 3.05) is 0 Å². The molecule has 0 amide bonds. The zero-order valence-corrected chi connectivity index (χ0v) is 13.6. The van der Waals surface area contributed by atoms with E-state index in [1.165, 1.54) is 4.88 Å². The largest absolute Gasteiger partial charge is 0.331 e. The minimum Gasteiger partial charge on any atom is -0.331 e. The molecule has 5 heteroatoms. The van der Waals surface area contributed by atoms with Crippen LogP contribution in [0.25, 0.3) is 11.0 Å². The summed E-state index contributed by atoms with van der Waals surface area (Å²) in [5.41, 5.74) is 2.25. The molecule has 2 aromatic heterocycles. The molecule has 0 aliphatic carbocycles. The van der Waals surface area contributed by atoms with Gasteiger partial charge in [0.25, 0.3) is 0 Å². The molecule has 1 N–H and O–H groups in total. The number of H-pyrrole nitrogens is 1. The van der Waals surface area contributed by atoms with Crippen LogP contribution in [0.15, 0.2) is 40.2 Å². The second-order valence-electron chi connectivity index (χ2n) is 4.59. The Labute approximate surface area is 129 Å². The normalized spacial score (nSPS) is 12.9. The van der Waals surface area contributed by atoms with Crippen LogP contribution in [0.5, 0.6) is 0 Å². The first-order valence-corrected chi connectivity index (χ1v) is 8.15. The fourth-order valence-electron chi connectivity index (χ4n) is 2.34. The highest BCUT2D eigenvalue weighted by atomic mass is 79.9. The van der Waals surface area contributed by atoms with E-state index in [-0.39, 0.29) is 0 Å². The average molecular weight is 353 g/mol. The second kappa shape index (κ2) is 5.23. The van der Waals surface area contributed by atoms with Gasteiger partial charge in [0, 0.05) is 21.8 Å². The molecule has 1 unspecified atom stereocenters. The van der Waals surface area contributed by atoms with E-state index in [1.807, 2.05) is 6.07 Å². The third-order valence-corrected chi connectivity index (χ3v) is 4.89. The summed E-state index contributed by atoms with van der Waals surface area (Å²) in [4.78, 5) is 4.66. The summed E-state index contributed by atoms with van der Waals surface area (Å²) in [5.74, 6) is 0. The molecular weight excluding hydrogens is 340 g/mol. The van der Waals surface area contributed by atoms with E-state index in [9.17, 15) is 0 Å². The van der Waals surface area contributed by atoms with Crippen LogP contribution in [0.4, 0.5) is 0 Å². The van der Waals surface area contributed by atoms with Gasteiger partial charge < -0.3 is 9.55 Å². The van der Waals surface area contributed by atoms with Gasteiger partial charge in [-0.15, -0.1) is 11.3 Å². The summed E-state index contributed by atoms with van der Waals surface area (Å²) >= 11 is 10.8. The van der Waals surface area contributed by atoms with Crippen LogP contribution in [0, 0.1) is 4.77 Å². The van der Waals surface area contributed by atoms with Gasteiger partial charge in [-0.25, -0.2) is 0 Å². The van der Waals surface area contributed by atoms with Crippen molar-refractivity contribution in [3.63, 3.8) is 0 Å². The first kappa shape index (κ1) is 13.1. The maximum atomic E-state index is 5.46. The number of halogens is 1. The van der Waals surface area contributed by atoms with E-state index in [2.05, 4.69) is 62.1 Å². The third kappa shape index (κ3) is 2.55. The van der Waals surface area contributed by atoms with Crippen LogP contribution in [-0.4, -0.2) is 9.55 Å². The molecule has 1 atom stereocenters. The first-order chi connectivity index (χ1) is 9.15. The predicted molar refractivity (Wildman–Crippen MR) is 87.6 cm³/mol. The maximum absolute atomic E-state index is 5.46. The van der Waals surface area contributed by atoms with Gasteiger partial charge >= 0.3 is 0 Å². The van der Waals surface area contributed by atoms with Crippen LogP contribution in [0.3, 0.4) is 0 Å². The molecule has 0 aliphatic rings. The molecule has 0 bridgehead atoms. The van der Waals surface area contributed by atoms with Gasteiger partial charge in [-0.3, -0.25) is 0 Å². The Morgan fingerprint density at radius 3 is 3.00 bits per heavy atom. The molecule has 3 aromatic rings. The fourth-order valence-corrected chi connectivity index (χ4v) is 3.91. The van der Waals surface area contributed by atoms with Gasteiger partial charge in [-0.1, -0.05) is 22.0 Å². The highest BCUT2D eigenvalue weighted by Gasteiger charge is 2.12. The Hall–Kier alpha value is -0.910. The maximum Gasteiger partial charge on any atom is 0.178 e. The Bertz CT molecular complexity index is 755. The van der Waals surface area contributed by atoms with E-state index < -0.39 is 0 Å². The van der Waals surface area contributed by atoms with Crippen LogP contribution < -0.4 is 0 Å². The van der Waals surface area contributed by atoms with Crippen LogP contribution >= 0.6 is 39.5 Å². The minimum absolute atomic E-state index is 0.342. The molecule has 2 heterocycles. The Morgan fingerprint density at radius 1 is 1.42 bits per heavy atom. The smallest absolute Gasteiger partial charge is 0.178 e. The number of nitrogens with one attached hydrogen (secondary N) is 1. The number of imidazole rings is 1. The minimum atomic E-state index is 0.342. The summed E-state index contributed by atoms with van der Waals surface area (Å²) in [5, 5.41) is 2.12. The van der Waals surface area contributed by atoms with Gasteiger partial charge in [0.1, 0.15) is 0 Å². The Morgan fingerprint density at radius 2 is 2.26 bits per heavy atom. The molecule has 1 aromatic carbocycles. The molecule has 0 fully saturated rings. The lowest BCUT2D eigenvalue weighted by atomic mass is 10.2. The number of aromatic nitrogens is 2. The quantitative estimate of drug-likeness (QED) is 0.632. The van der Waals surface area contributed by atoms with Crippen molar-refractivity contribution in [1.29, 1.82) is 0 Å². The lowest BCUT2D eigenvalue weighted by molar-refractivity contribution is 0.557. The number of nitrogens with zero attached hydrogens (tertiary/aromatic N) is 1. The second-order valence-corrected chi connectivity index (χ2v) is 6.93. The number of hydrogen-bond acceptors (Lipinski definition) is 2. The van der Waals surface area contributed by atoms with Gasteiger partial charge in [-0.05, 0) is 48.8 Å². The van der Waals surface area contributed by atoms with Crippen molar-refractivity contribution in [1.82, 2.24) is 9.55 Å². The molecule has 0 spiro atoms. The lowest BCUT2D eigenvalue weighted by Gasteiger charge is -2.13. The van der Waals surface area contributed by atoms with Crippen LogP contribution in [0.1, 0.15) is 17.8 Å². The van der Waals surface area contributed by atoms with E-state index in [4.69, 9.17) is 12.2 Å². The third-order valence-electron chi connectivity index (χ3n) is 3.20. The van der Waals surface area contributed by atoms with Crippen LogP contribution in [-0.2, 0) is 6.42 Å². The van der Waals surface area contributed by atoms with E-state index in [0.29, 0.717) is 6.04 Å². The van der Waals surface area contributed by atoms with Crippen molar-refractivity contribution in [2.45, 2.75) is 19.4 Å². The first-order valence-electron chi connectivity index (χ1n) is 6.07. The van der Waals surface area contributed by atoms with E-state index >= 15 is 0 Å². The van der Waals surface area contributed by atoms with Crippen molar-refractivity contribution in [3.05, 3.63) is 49.8 Å². The summed E-state index contributed by atoms with van der Waals surface area (Å²) in [7, 11) is 0. The van der Waals surface area contributed by atoms with Crippen molar-refractivity contribution < 1.29 is 0 Å². The van der Waals surface area contributed by atoms with Gasteiger partial charge in [-0.2, -0.15) is 0 Å². The van der Waals surface area contributed by atoms with E-state index in [0.717, 1.165) is 26.7 Å². The highest BCUT2D eigenvalue weighted by Crippen LogP contribution is 2.25. The van der Waals surface area contributed by atoms with Crippen LogP contribution in [0.2, 0.25) is 0 Å². The molecule has 0 radical (unpaired) electrons.